The number of carboxylic acid groups (broad SMARTS) is 1. The minimum absolute atomic E-state index is 0.0858. The van der Waals surface area contributed by atoms with Gasteiger partial charge < -0.3 is 10.0 Å². The lowest BCUT2D eigenvalue weighted by atomic mass is 9.89. The second-order valence-electron chi connectivity index (χ2n) is 5.93. The maximum absolute atomic E-state index is 12.7. The van der Waals surface area contributed by atoms with Gasteiger partial charge in [-0.2, -0.15) is 0 Å². The third kappa shape index (κ3) is 3.10. The van der Waals surface area contributed by atoms with Crippen LogP contribution in [0.15, 0.2) is 41.8 Å². The largest absolute Gasteiger partial charge is 0.481 e. The van der Waals surface area contributed by atoms with Gasteiger partial charge in [-0.3, -0.25) is 14.4 Å². The van der Waals surface area contributed by atoms with Crippen LogP contribution in [0.5, 0.6) is 0 Å². The van der Waals surface area contributed by atoms with Gasteiger partial charge in [-0.1, -0.05) is 30.3 Å². The van der Waals surface area contributed by atoms with Crippen LogP contribution in [0.3, 0.4) is 0 Å². The zero-order chi connectivity index (χ0) is 17.3. The van der Waals surface area contributed by atoms with Crippen molar-refractivity contribution in [2.45, 2.75) is 12.8 Å². The minimum Gasteiger partial charge on any atom is -0.481 e. The number of carboxylic acids is 1. The average molecular weight is 343 g/mol. The molecule has 0 radical (unpaired) electrons. The number of aliphatic carboxylic acids is 1. The summed E-state index contributed by atoms with van der Waals surface area (Å²) < 4.78 is 0. The molecular weight excluding hydrogens is 326 g/mol. The van der Waals surface area contributed by atoms with E-state index in [2.05, 4.69) is 0 Å². The van der Waals surface area contributed by atoms with Gasteiger partial charge in [0.25, 0.3) is 5.91 Å². The molecule has 0 spiro atoms. The maximum atomic E-state index is 12.7. The Kier molecular flexibility index (Phi) is 4.49. The summed E-state index contributed by atoms with van der Waals surface area (Å²) in [6.07, 6.45) is 0. The molecule has 24 heavy (non-hydrogen) atoms. The van der Waals surface area contributed by atoms with E-state index in [1.54, 1.807) is 16.3 Å². The Bertz CT molecular complexity index is 783. The molecule has 1 N–H and O–H groups in total. The molecule has 0 bridgehead atoms. The fourth-order valence-corrected chi connectivity index (χ4v) is 3.96. The zero-order valence-corrected chi connectivity index (χ0v) is 14.0. The number of amides is 1. The third-order valence-electron chi connectivity index (χ3n) is 4.37. The van der Waals surface area contributed by atoms with Gasteiger partial charge in [0.2, 0.25) is 0 Å². The number of benzene rings is 1. The highest BCUT2D eigenvalue weighted by atomic mass is 32.1. The summed E-state index contributed by atoms with van der Waals surface area (Å²) in [5.41, 5.74) is 1.44. The molecule has 1 amide bonds. The molecule has 2 aromatic rings. The number of rotatable bonds is 4. The molecule has 2 heterocycles. The number of hydrogen-bond acceptors (Lipinski definition) is 4. The topological polar surface area (TPSA) is 74.7 Å². The van der Waals surface area contributed by atoms with E-state index in [4.69, 9.17) is 0 Å². The molecule has 0 saturated carbocycles. The van der Waals surface area contributed by atoms with Gasteiger partial charge in [0.05, 0.1) is 10.8 Å². The molecule has 6 heteroatoms. The average Bonchev–Trinajstić information content (AvgIpc) is 3.22. The first-order valence-corrected chi connectivity index (χ1v) is 8.52. The van der Waals surface area contributed by atoms with E-state index >= 15 is 0 Å². The first-order valence-electron chi connectivity index (χ1n) is 7.64. The SMILES string of the molecule is CC(=O)c1csc(C(=O)N2C[C@H](C(=O)O)[C@H](c3ccccc3)C2)c1. The van der Waals surface area contributed by atoms with Crippen LogP contribution in [-0.4, -0.2) is 40.8 Å². The van der Waals surface area contributed by atoms with E-state index in [0.29, 0.717) is 17.0 Å². The Morgan fingerprint density at radius 2 is 1.88 bits per heavy atom. The summed E-state index contributed by atoms with van der Waals surface area (Å²) in [5, 5.41) is 11.2. The van der Waals surface area contributed by atoms with Crippen molar-refractivity contribution >= 4 is 29.0 Å². The van der Waals surface area contributed by atoms with E-state index < -0.39 is 11.9 Å². The van der Waals surface area contributed by atoms with Crippen molar-refractivity contribution in [1.29, 1.82) is 0 Å². The van der Waals surface area contributed by atoms with Crippen molar-refractivity contribution in [3.8, 4) is 0 Å². The van der Waals surface area contributed by atoms with Crippen LogP contribution in [-0.2, 0) is 4.79 Å². The molecule has 5 nitrogen and oxygen atoms in total. The number of hydrogen-bond donors (Lipinski definition) is 1. The molecule has 1 aromatic heterocycles. The minimum atomic E-state index is -0.894. The normalized spacial score (nSPS) is 20.1. The molecule has 1 aliphatic rings. The second-order valence-corrected chi connectivity index (χ2v) is 6.84. The fraction of sp³-hybridized carbons (Fsp3) is 0.278. The van der Waals surface area contributed by atoms with Gasteiger partial charge in [0, 0.05) is 30.0 Å². The van der Waals surface area contributed by atoms with E-state index in [-0.39, 0.29) is 24.2 Å². The van der Waals surface area contributed by atoms with E-state index in [9.17, 15) is 19.5 Å². The lowest BCUT2D eigenvalue weighted by molar-refractivity contribution is -0.141. The smallest absolute Gasteiger partial charge is 0.308 e. The summed E-state index contributed by atoms with van der Waals surface area (Å²) in [6, 6.07) is 11.0. The van der Waals surface area contributed by atoms with Gasteiger partial charge in [-0.05, 0) is 18.6 Å². The van der Waals surface area contributed by atoms with Crippen LogP contribution in [0, 0.1) is 5.92 Å². The molecule has 124 valence electrons. The Morgan fingerprint density at radius 3 is 2.46 bits per heavy atom. The molecule has 1 aliphatic heterocycles. The number of nitrogens with zero attached hydrogens (tertiary/aromatic N) is 1. The summed E-state index contributed by atoms with van der Waals surface area (Å²) in [5.74, 6) is -2.03. The lowest BCUT2D eigenvalue weighted by Gasteiger charge is -2.15. The number of Topliss-reactive ketones (excluding diaryl/α,β-unsaturated/α-hetero) is 1. The standard InChI is InChI=1S/C18H17NO4S/c1-11(20)13-7-16(24-10-13)17(21)19-8-14(15(9-19)18(22)23)12-5-3-2-4-6-12/h2-7,10,14-15H,8-9H2,1H3,(H,22,23)/t14-,15-/m0/s1. The van der Waals surface area contributed by atoms with Crippen LogP contribution in [0.1, 0.15) is 38.4 Å². The third-order valence-corrected chi connectivity index (χ3v) is 5.29. The van der Waals surface area contributed by atoms with E-state index in [1.165, 1.54) is 18.3 Å². The highest BCUT2D eigenvalue weighted by Gasteiger charge is 2.40. The first-order chi connectivity index (χ1) is 11.5. The van der Waals surface area contributed by atoms with Crippen LogP contribution < -0.4 is 0 Å². The molecule has 1 aromatic carbocycles. The van der Waals surface area contributed by atoms with Gasteiger partial charge in [0.1, 0.15) is 0 Å². The Morgan fingerprint density at radius 1 is 1.17 bits per heavy atom. The fourth-order valence-electron chi connectivity index (χ4n) is 3.05. The Balaban J connectivity index is 1.83. The number of ketones is 1. The predicted octanol–water partition coefficient (Wildman–Crippen LogP) is 2.89. The van der Waals surface area contributed by atoms with E-state index in [0.717, 1.165) is 5.56 Å². The van der Waals surface area contributed by atoms with Crippen LogP contribution in [0.4, 0.5) is 0 Å². The second kappa shape index (κ2) is 6.57. The first kappa shape index (κ1) is 16.4. The zero-order valence-electron chi connectivity index (χ0n) is 13.1. The van der Waals surface area contributed by atoms with Gasteiger partial charge in [-0.15, -0.1) is 11.3 Å². The van der Waals surface area contributed by atoms with Crippen molar-refractivity contribution in [3.05, 3.63) is 57.8 Å². The predicted molar refractivity (Wildman–Crippen MR) is 90.5 cm³/mol. The summed E-state index contributed by atoms with van der Waals surface area (Å²) in [6.45, 7) is 2.01. The summed E-state index contributed by atoms with van der Waals surface area (Å²) >= 11 is 1.22. The van der Waals surface area contributed by atoms with Crippen molar-refractivity contribution in [2.24, 2.45) is 5.92 Å². The van der Waals surface area contributed by atoms with Crippen LogP contribution >= 0.6 is 11.3 Å². The highest BCUT2D eigenvalue weighted by Crippen LogP contribution is 2.34. The summed E-state index contributed by atoms with van der Waals surface area (Å²) in [7, 11) is 0. The maximum Gasteiger partial charge on any atom is 0.308 e. The van der Waals surface area contributed by atoms with Gasteiger partial charge in [0.15, 0.2) is 5.78 Å². The molecule has 1 saturated heterocycles. The van der Waals surface area contributed by atoms with Gasteiger partial charge in [-0.25, -0.2) is 0 Å². The number of thiophene rings is 1. The van der Waals surface area contributed by atoms with Gasteiger partial charge >= 0.3 is 5.97 Å². The molecular formula is C18H17NO4S. The molecule has 2 atom stereocenters. The number of carbonyl (C=O) groups excluding carboxylic acids is 2. The lowest BCUT2D eigenvalue weighted by Crippen LogP contribution is -2.29. The quantitative estimate of drug-likeness (QED) is 0.866. The highest BCUT2D eigenvalue weighted by molar-refractivity contribution is 7.12. The number of likely N-dealkylation sites (tertiary alicyclic amines) is 1. The van der Waals surface area contributed by atoms with Crippen molar-refractivity contribution in [1.82, 2.24) is 4.90 Å². The molecule has 0 unspecified atom stereocenters. The van der Waals surface area contributed by atoms with Crippen LogP contribution in [0.2, 0.25) is 0 Å². The van der Waals surface area contributed by atoms with Crippen molar-refractivity contribution in [2.75, 3.05) is 13.1 Å². The number of carbonyl (C=O) groups is 3. The Labute approximate surface area is 143 Å². The van der Waals surface area contributed by atoms with E-state index in [1.807, 2.05) is 30.3 Å². The van der Waals surface area contributed by atoms with Crippen molar-refractivity contribution < 1.29 is 19.5 Å². The van der Waals surface area contributed by atoms with Crippen molar-refractivity contribution in [3.63, 3.8) is 0 Å². The molecule has 3 rings (SSSR count). The molecule has 0 aliphatic carbocycles. The molecule has 1 fully saturated rings. The Hall–Kier alpha value is -2.47. The van der Waals surface area contributed by atoms with Crippen LogP contribution in [0.25, 0.3) is 0 Å². The summed E-state index contributed by atoms with van der Waals surface area (Å²) in [4.78, 5) is 37.7. The monoisotopic (exact) mass is 343 g/mol.